The van der Waals surface area contributed by atoms with Crippen LogP contribution in [-0.4, -0.2) is 28.2 Å². The molecule has 3 aliphatic carbocycles. The van der Waals surface area contributed by atoms with Crippen LogP contribution in [0.2, 0.25) is 0 Å². The van der Waals surface area contributed by atoms with E-state index in [2.05, 4.69) is 6.92 Å². The number of fused-ring (bicyclic) bond motifs is 1. The first-order chi connectivity index (χ1) is 10.4. The molecule has 22 heavy (non-hydrogen) atoms. The van der Waals surface area contributed by atoms with Crippen molar-refractivity contribution in [1.82, 2.24) is 0 Å². The van der Waals surface area contributed by atoms with Gasteiger partial charge in [0.2, 0.25) is 0 Å². The van der Waals surface area contributed by atoms with Gasteiger partial charge in [-0.3, -0.25) is 4.79 Å². The summed E-state index contributed by atoms with van der Waals surface area (Å²) in [4.78, 5) is 12.2. The van der Waals surface area contributed by atoms with Crippen LogP contribution in [0.4, 0.5) is 0 Å². The van der Waals surface area contributed by atoms with Gasteiger partial charge in [-0.1, -0.05) is 33.1 Å². The van der Waals surface area contributed by atoms with Crippen molar-refractivity contribution in [3.63, 3.8) is 0 Å². The topological polar surface area (TPSA) is 57.5 Å². The second-order valence-corrected chi connectivity index (χ2v) is 8.41. The van der Waals surface area contributed by atoms with Gasteiger partial charge in [-0.15, -0.1) is 0 Å². The van der Waals surface area contributed by atoms with Crippen molar-refractivity contribution in [3.05, 3.63) is 0 Å². The average Bonchev–Trinajstić information content (AvgIpc) is 2.55. The molecule has 6 atom stereocenters. The molecule has 0 aromatic carbocycles. The highest BCUT2D eigenvalue weighted by Crippen LogP contribution is 2.59. The first kappa shape index (κ1) is 16.4. The van der Waals surface area contributed by atoms with E-state index in [1.54, 1.807) is 0 Å². The number of carbonyl (C=O) groups is 1. The second-order valence-electron chi connectivity index (χ2n) is 8.41. The van der Waals surface area contributed by atoms with Gasteiger partial charge in [-0.2, -0.15) is 0 Å². The molecule has 0 bridgehead atoms. The van der Waals surface area contributed by atoms with Crippen LogP contribution in [0, 0.1) is 29.1 Å². The predicted molar refractivity (Wildman–Crippen MR) is 86.3 cm³/mol. The SMILES string of the molecule is CC1C(=O)[C@]2(C)CC[C@H](O)[C@@H](CC[C@H](O)C3CCCCC3)[C@H]12. The Labute approximate surface area is 134 Å². The largest absolute Gasteiger partial charge is 0.393 e. The maximum atomic E-state index is 12.2. The highest BCUT2D eigenvalue weighted by atomic mass is 16.3. The fourth-order valence-corrected chi connectivity index (χ4v) is 5.83. The van der Waals surface area contributed by atoms with Crippen molar-refractivity contribution in [2.75, 3.05) is 0 Å². The molecule has 126 valence electrons. The number of ketones is 1. The van der Waals surface area contributed by atoms with Gasteiger partial charge >= 0.3 is 0 Å². The third kappa shape index (κ3) is 2.65. The summed E-state index contributed by atoms with van der Waals surface area (Å²) in [7, 11) is 0. The molecule has 2 N–H and O–H groups in total. The minimum atomic E-state index is -0.285. The fourth-order valence-electron chi connectivity index (χ4n) is 5.83. The predicted octanol–water partition coefficient (Wildman–Crippen LogP) is 3.32. The highest BCUT2D eigenvalue weighted by Gasteiger charge is 2.61. The van der Waals surface area contributed by atoms with Gasteiger partial charge in [0.05, 0.1) is 12.2 Å². The van der Waals surface area contributed by atoms with Crippen LogP contribution >= 0.6 is 0 Å². The Kier molecular flexibility index (Phi) is 4.66. The summed E-state index contributed by atoms with van der Waals surface area (Å²) in [5.41, 5.74) is -0.195. The molecule has 0 aromatic heterocycles. The summed E-state index contributed by atoms with van der Waals surface area (Å²) < 4.78 is 0. The van der Waals surface area contributed by atoms with E-state index in [1.807, 2.05) is 6.92 Å². The van der Waals surface area contributed by atoms with E-state index in [1.165, 1.54) is 19.3 Å². The van der Waals surface area contributed by atoms with Gasteiger partial charge in [-0.05, 0) is 56.3 Å². The number of rotatable bonds is 4. The lowest BCUT2D eigenvalue weighted by molar-refractivity contribution is -0.175. The van der Waals surface area contributed by atoms with Crippen molar-refractivity contribution in [2.24, 2.45) is 29.1 Å². The number of hydrogen-bond donors (Lipinski definition) is 2. The summed E-state index contributed by atoms with van der Waals surface area (Å²) in [5, 5.41) is 20.9. The number of hydrogen-bond acceptors (Lipinski definition) is 3. The first-order valence-corrected chi connectivity index (χ1v) is 9.35. The molecule has 0 aromatic rings. The van der Waals surface area contributed by atoms with Crippen molar-refractivity contribution < 1.29 is 15.0 Å². The minimum Gasteiger partial charge on any atom is -0.393 e. The van der Waals surface area contributed by atoms with E-state index in [0.29, 0.717) is 17.6 Å². The van der Waals surface area contributed by atoms with Crippen LogP contribution in [0.3, 0.4) is 0 Å². The number of Topliss-reactive ketones (excluding diaryl/α,β-unsaturated/α-hetero) is 1. The van der Waals surface area contributed by atoms with E-state index in [4.69, 9.17) is 0 Å². The number of aliphatic hydroxyl groups is 2. The first-order valence-electron chi connectivity index (χ1n) is 9.35. The summed E-state index contributed by atoms with van der Waals surface area (Å²) in [5.74, 6) is 1.47. The highest BCUT2D eigenvalue weighted by molar-refractivity contribution is 5.93. The van der Waals surface area contributed by atoms with E-state index in [0.717, 1.165) is 38.5 Å². The van der Waals surface area contributed by atoms with Crippen molar-refractivity contribution in [2.45, 2.75) is 83.8 Å². The van der Waals surface area contributed by atoms with Crippen LogP contribution in [0.25, 0.3) is 0 Å². The molecule has 0 heterocycles. The third-order valence-electron chi connectivity index (χ3n) is 7.16. The summed E-state index contributed by atoms with van der Waals surface area (Å²) in [6.07, 6.45) is 8.87. The molecule has 0 spiro atoms. The molecule has 0 saturated heterocycles. The Morgan fingerprint density at radius 1 is 1.23 bits per heavy atom. The zero-order valence-corrected chi connectivity index (χ0v) is 14.1. The maximum absolute atomic E-state index is 12.2. The van der Waals surface area contributed by atoms with Crippen LogP contribution in [0.5, 0.6) is 0 Å². The third-order valence-corrected chi connectivity index (χ3v) is 7.16. The van der Waals surface area contributed by atoms with Gasteiger partial charge in [0.15, 0.2) is 0 Å². The van der Waals surface area contributed by atoms with Gasteiger partial charge in [0.1, 0.15) is 5.78 Å². The molecule has 1 unspecified atom stereocenters. The molecule has 3 rings (SSSR count). The van der Waals surface area contributed by atoms with Crippen molar-refractivity contribution in [1.29, 1.82) is 0 Å². The summed E-state index contributed by atoms with van der Waals surface area (Å²) >= 11 is 0. The molecule has 3 heteroatoms. The normalized spacial score (nSPS) is 44.3. The maximum Gasteiger partial charge on any atom is 0.142 e. The van der Waals surface area contributed by atoms with Gasteiger partial charge < -0.3 is 10.2 Å². The average molecular weight is 308 g/mol. The summed E-state index contributed by atoms with van der Waals surface area (Å²) in [6.45, 7) is 4.12. The Morgan fingerprint density at radius 3 is 2.59 bits per heavy atom. The van der Waals surface area contributed by atoms with Gasteiger partial charge in [0.25, 0.3) is 0 Å². The van der Waals surface area contributed by atoms with E-state index in [9.17, 15) is 15.0 Å². The zero-order valence-electron chi connectivity index (χ0n) is 14.1. The molecule has 0 radical (unpaired) electrons. The molecule has 3 saturated carbocycles. The second kappa shape index (κ2) is 6.24. The number of aliphatic hydroxyl groups excluding tert-OH is 2. The molecule has 0 amide bonds. The lowest BCUT2D eigenvalue weighted by Gasteiger charge is -2.58. The molecule has 3 nitrogen and oxygen atoms in total. The molecule has 3 fully saturated rings. The fraction of sp³-hybridized carbons (Fsp3) is 0.947. The molecular weight excluding hydrogens is 276 g/mol. The lowest BCUT2D eigenvalue weighted by atomic mass is 9.45. The van der Waals surface area contributed by atoms with Crippen molar-refractivity contribution >= 4 is 5.78 Å². The molecule has 0 aliphatic heterocycles. The van der Waals surface area contributed by atoms with Crippen molar-refractivity contribution in [3.8, 4) is 0 Å². The van der Waals surface area contributed by atoms with Gasteiger partial charge in [-0.25, -0.2) is 0 Å². The summed E-state index contributed by atoms with van der Waals surface area (Å²) in [6, 6.07) is 0. The monoisotopic (exact) mass is 308 g/mol. The smallest absolute Gasteiger partial charge is 0.142 e. The van der Waals surface area contributed by atoms with Gasteiger partial charge in [0, 0.05) is 11.3 Å². The van der Waals surface area contributed by atoms with E-state index < -0.39 is 0 Å². The quantitative estimate of drug-likeness (QED) is 0.837. The Hall–Kier alpha value is -0.410. The van der Waals surface area contributed by atoms with E-state index >= 15 is 0 Å². The van der Waals surface area contributed by atoms with Crippen LogP contribution in [0.1, 0.15) is 71.6 Å². The lowest BCUT2D eigenvalue weighted by Crippen LogP contribution is -2.62. The zero-order chi connectivity index (χ0) is 15.9. The van der Waals surface area contributed by atoms with Crippen LogP contribution < -0.4 is 0 Å². The van der Waals surface area contributed by atoms with Crippen LogP contribution in [0.15, 0.2) is 0 Å². The van der Waals surface area contributed by atoms with Crippen LogP contribution in [-0.2, 0) is 4.79 Å². The number of carbonyl (C=O) groups excluding carboxylic acids is 1. The standard InChI is InChI=1S/C19H32O3/c1-12-17-14(16(21)10-11-19(17,2)18(12)22)8-9-15(20)13-6-4-3-5-7-13/h12-17,20-21H,3-11H2,1-2H3/t12?,14-,15+,16+,17+,19-/m1/s1. The molecular formula is C19H32O3. The Balaban J connectivity index is 1.59. The van der Waals surface area contributed by atoms with E-state index in [-0.39, 0.29) is 29.5 Å². The minimum absolute atomic E-state index is 0.0942. The Bertz CT molecular complexity index is 415. The Morgan fingerprint density at radius 2 is 1.91 bits per heavy atom. The molecule has 3 aliphatic rings.